The van der Waals surface area contributed by atoms with Crippen molar-refractivity contribution in [3.05, 3.63) is 34.2 Å². The van der Waals surface area contributed by atoms with Crippen molar-refractivity contribution in [1.82, 2.24) is 9.97 Å². The zero-order valence-corrected chi connectivity index (χ0v) is 11.0. The summed E-state index contributed by atoms with van der Waals surface area (Å²) in [5.74, 6) is 1.48. The molecule has 0 aliphatic carbocycles. The molecule has 1 heterocycles. The van der Waals surface area contributed by atoms with E-state index in [-0.39, 0.29) is 0 Å². The van der Waals surface area contributed by atoms with Gasteiger partial charge in [0.05, 0.1) is 17.3 Å². The number of aromatic nitrogens is 2. The molecule has 2 aromatic rings. The van der Waals surface area contributed by atoms with Gasteiger partial charge in [-0.2, -0.15) is 5.26 Å². The number of rotatable bonds is 2. The summed E-state index contributed by atoms with van der Waals surface area (Å²) in [6.07, 6.45) is 0. The minimum absolute atomic E-state index is 0.402. The van der Waals surface area contributed by atoms with E-state index in [1.807, 2.05) is 25.1 Å². The summed E-state index contributed by atoms with van der Waals surface area (Å²) in [6.45, 7) is 1.82. The zero-order chi connectivity index (χ0) is 12.4. The Hall–Kier alpha value is -1.80. The Balaban J connectivity index is 2.54. The molecule has 0 unspecified atom stereocenters. The van der Waals surface area contributed by atoms with E-state index in [4.69, 9.17) is 10.00 Å². The largest absolute Gasteiger partial charge is 0.496 e. The summed E-state index contributed by atoms with van der Waals surface area (Å²) < 4.78 is 6.00. The third kappa shape index (κ3) is 2.17. The topological polar surface area (TPSA) is 61.7 Å². The lowest BCUT2D eigenvalue weighted by atomic mass is 10.1. The van der Waals surface area contributed by atoms with E-state index in [0.717, 1.165) is 27.3 Å². The number of hydrogen-bond acceptors (Lipinski definition) is 3. The summed E-state index contributed by atoms with van der Waals surface area (Å²) >= 11 is 3.42. The number of aryl methyl sites for hydroxylation is 1. The van der Waals surface area contributed by atoms with Crippen LogP contribution in [0.3, 0.4) is 0 Å². The normalized spacial score (nSPS) is 10.0. The smallest absolute Gasteiger partial charge is 0.166 e. The van der Waals surface area contributed by atoms with Gasteiger partial charge in [0.15, 0.2) is 5.69 Å². The molecule has 0 saturated heterocycles. The highest BCUT2D eigenvalue weighted by molar-refractivity contribution is 9.10. The third-order valence-corrected chi connectivity index (χ3v) is 2.99. The molecule has 2 rings (SSSR count). The Labute approximate surface area is 107 Å². The minimum atomic E-state index is 0.402. The van der Waals surface area contributed by atoms with Crippen molar-refractivity contribution in [3.8, 4) is 23.1 Å². The first-order valence-electron chi connectivity index (χ1n) is 4.96. The van der Waals surface area contributed by atoms with Crippen LogP contribution in [-0.2, 0) is 0 Å². The summed E-state index contributed by atoms with van der Waals surface area (Å²) in [5.41, 5.74) is 2.03. The van der Waals surface area contributed by atoms with Crippen molar-refractivity contribution in [2.45, 2.75) is 6.92 Å². The zero-order valence-electron chi connectivity index (χ0n) is 9.41. The number of nitrogens with one attached hydrogen (secondary N) is 1. The number of imidazole rings is 1. The molecule has 0 radical (unpaired) electrons. The van der Waals surface area contributed by atoms with Crippen molar-refractivity contribution in [3.63, 3.8) is 0 Å². The van der Waals surface area contributed by atoms with Crippen molar-refractivity contribution in [2.24, 2.45) is 0 Å². The Bertz CT molecular complexity index is 598. The fraction of sp³-hybridized carbons (Fsp3) is 0.167. The van der Waals surface area contributed by atoms with E-state index >= 15 is 0 Å². The predicted molar refractivity (Wildman–Crippen MR) is 67.7 cm³/mol. The standard InChI is InChI=1S/C12H10BrN3O/c1-7-15-10(6-14)12(16-7)8-3-4-11(17-2)9(13)5-8/h3-5H,1-2H3,(H,15,16). The van der Waals surface area contributed by atoms with E-state index in [9.17, 15) is 0 Å². The van der Waals surface area contributed by atoms with Gasteiger partial charge >= 0.3 is 0 Å². The number of nitrogens with zero attached hydrogens (tertiary/aromatic N) is 2. The number of halogens is 1. The molecule has 5 heteroatoms. The highest BCUT2D eigenvalue weighted by Crippen LogP contribution is 2.30. The molecule has 0 saturated carbocycles. The van der Waals surface area contributed by atoms with Gasteiger partial charge in [0.2, 0.25) is 0 Å². The summed E-state index contributed by atoms with van der Waals surface area (Å²) in [6, 6.07) is 7.70. The average molecular weight is 292 g/mol. The number of H-pyrrole nitrogens is 1. The van der Waals surface area contributed by atoms with Crippen LogP contribution in [0.5, 0.6) is 5.75 Å². The van der Waals surface area contributed by atoms with Crippen molar-refractivity contribution in [1.29, 1.82) is 5.26 Å². The molecule has 0 fully saturated rings. The van der Waals surface area contributed by atoms with E-state index in [1.54, 1.807) is 7.11 Å². The molecule has 0 atom stereocenters. The van der Waals surface area contributed by atoms with Gasteiger partial charge in [0.25, 0.3) is 0 Å². The molecule has 0 aliphatic heterocycles. The van der Waals surface area contributed by atoms with Gasteiger partial charge in [-0.15, -0.1) is 0 Å². The van der Waals surface area contributed by atoms with Gasteiger partial charge < -0.3 is 9.72 Å². The van der Waals surface area contributed by atoms with Crippen molar-refractivity contribution >= 4 is 15.9 Å². The van der Waals surface area contributed by atoms with Crippen LogP contribution in [-0.4, -0.2) is 17.1 Å². The van der Waals surface area contributed by atoms with Gasteiger partial charge in [0.1, 0.15) is 17.6 Å². The summed E-state index contributed by atoms with van der Waals surface area (Å²) in [7, 11) is 1.61. The molecule has 0 spiro atoms. The molecule has 17 heavy (non-hydrogen) atoms. The van der Waals surface area contributed by atoms with Crippen LogP contribution in [0.25, 0.3) is 11.3 Å². The molecular formula is C12H10BrN3O. The first kappa shape index (κ1) is 11.7. The maximum absolute atomic E-state index is 8.99. The Morgan fingerprint density at radius 2 is 2.24 bits per heavy atom. The van der Waals surface area contributed by atoms with Crippen molar-refractivity contribution < 1.29 is 4.74 Å². The monoisotopic (exact) mass is 291 g/mol. The van der Waals surface area contributed by atoms with E-state index < -0.39 is 0 Å². The van der Waals surface area contributed by atoms with Crippen LogP contribution < -0.4 is 4.74 Å². The first-order chi connectivity index (χ1) is 8.15. The maximum Gasteiger partial charge on any atom is 0.166 e. The van der Waals surface area contributed by atoms with Gasteiger partial charge in [-0.3, -0.25) is 0 Å². The lowest BCUT2D eigenvalue weighted by molar-refractivity contribution is 0.412. The van der Waals surface area contributed by atoms with Crippen LogP contribution in [0.4, 0.5) is 0 Å². The minimum Gasteiger partial charge on any atom is -0.496 e. The second-order valence-electron chi connectivity index (χ2n) is 3.51. The predicted octanol–water partition coefficient (Wildman–Crippen LogP) is 3.03. The number of nitriles is 1. The van der Waals surface area contributed by atoms with E-state index in [1.165, 1.54) is 0 Å². The second kappa shape index (κ2) is 4.60. The van der Waals surface area contributed by atoms with Crippen LogP contribution in [0.15, 0.2) is 22.7 Å². The second-order valence-corrected chi connectivity index (χ2v) is 4.36. The maximum atomic E-state index is 8.99. The number of ether oxygens (including phenoxy) is 1. The molecule has 4 nitrogen and oxygen atoms in total. The molecule has 0 aliphatic rings. The van der Waals surface area contributed by atoms with Crippen molar-refractivity contribution in [2.75, 3.05) is 7.11 Å². The number of methoxy groups -OCH3 is 1. The highest BCUT2D eigenvalue weighted by Gasteiger charge is 2.11. The quantitative estimate of drug-likeness (QED) is 0.925. The SMILES string of the molecule is COc1ccc(-c2[nH]c(C)nc2C#N)cc1Br. The Morgan fingerprint density at radius 1 is 1.47 bits per heavy atom. The summed E-state index contributed by atoms with van der Waals surface area (Å²) in [5, 5.41) is 8.99. The number of hydrogen-bond donors (Lipinski definition) is 1. The fourth-order valence-electron chi connectivity index (χ4n) is 1.60. The first-order valence-corrected chi connectivity index (χ1v) is 5.75. The number of benzene rings is 1. The molecule has 0 amide bonds. The molecule has 1 aromatic carbocycles. The van der Waals surface area contributed by atoms with Crippen LogP contribution in [0, 0.1) is 18.3 Å². The van der Waals surface area contributed by atoms with E-state index in [2.05, 4.69) is 32.0 Å². The highest BCUT2D eigenvalue weighted by atomic mass is 79.9. The van der Waals surface area contributed by atoms with E-state index in [0.29, 0.717) is 5.69 Å². The van der Waals surface area contributed by atoms with Crippen LogP contribution in [0.1, 0.15) is 11.5 Å². The Morgan fingerprint density at radius 3 is 2.82 bits per heavy atom. The molecule has 1 aromatic heterocycles. The lowest BCUT2D eigenvalue weighted by Crippen LogP contribution is -1.87. The Kier molecular flexibility index (Phi) is 3.16. The average Bonchev–Trinajstić information content (AvgIpc) is 2.70. The molecule has 86 valence electrons. The summed E-state index contributed by atoms with van der Waals surface area (Å²) in [4.78, 5) is 7.20. The fourth-order valence-corrected chi connectivity index (χ4v) is 2.14. The molecule has 1 N–H and O–H groups in total. The van der Waals surface area contributed by atoms with Gasteiger partial charge in [-0.05, 0) is 41.1 Å². The van der Waals surface area contributed by atoms with Crippen LogP contribution in [0.2, 0.25) is 0 Å². The lowest BCUT2D eigenvalue weighted by Gasteiger charge is -2.05. The molecule has 0 bridgehead atoms. The van der Waals surface area contributed by atoms with Crippen LogP contribution >= 0.6 is 15.9 Å². The molecular weight excluding hydrogens is 282 g/mol. The number of aromatic amines is 1. The van der Waals surface area contributed by atoms with Gasteiger partial charge in [-0.25, -0.2) is 4.98 Å². The third-order valence-electron chi connectivity index (χ3n) is 2.37. The van der Waals surface area contributed by atoms with Gasteiger partial charge in [-0.1, -0.05) is 0 Å². The van der Waals surface area contributed by atoms with Gasteiger partial charge in [0, 0.05) is 5.56 Å².